The molecule has 0 aromatic heterocycles. The van der Waals surface area contributed by atoms with E-state index in [4.69, 9.17) is 15.1 Å². The summed E-state index contributed by atoms with van der Waals surface area (Å²) in [5.74, 6) is 0.569. The summed E-state index contributed by atoms with van der Waals surface area (Å²) in [7, 11) is 1.52. The summed E-state index contributed by atoms with van der Waals surface area (Å²) in [6.07, 6.45) is 0. The number of hydrogen-bond donors (Lipinski definition) is 1. The maximum atomic E-state index is 9.02. The van der Waals surface area contributed by atoms with Crippen LogP contribution in [0.15, 0.2) is 12.1 Å². The number of methoxy groups -OCH3 is 1. The quantitative estimate of drug-likeness (QED) is 0.742. The third-order valence-electron chi connectivity index (χ3n) is 1.85. The number of rotatable bonds is 2. The van der Waals surface area contributed by atoms with Gasteiger partial charge in [-0.1, -0.05) is 0 Å². The third kappa shape index (κ3) is 1.79. The van der Waals surface area contributed by atoms with Crippen LogP contribution in [0.25, 0.3) is 0 Å². The molecule has 0 saturated carbocycles. The third-order valence-corrected chi connectivity index (χ3v) is 1.85. The molecule has 3 heteroatoms. The van der Waals surface area contributed by atoms with Crippen LogP contribution in [0.5, 0.6) is 5.75 Å². The zero-order chi connectivity index (χ0) is 9.84. The molecule has 1 rings (SSSR count). The Morgan fingerprint density at radius 2 is 2.23 bits per heavy atom. The Bertz CT molecular complexity index is 353. The predicted octanol–water partition coefficient (Wildman–Crippen LogP) is 1.37. The van der Waals surface area contributed by atoms with Crippen LogP contribution < -0.4 is 4.74 Å². The first-order valence-electron chi connectivity index (χ1n) is 3.91. The van der Waals surface area contributed by atoms with Gasteiger partial charge in [-0.15, -0.1) is 0 Å². The zero-order valence-electron chi connectivity index (χ0n) is 7.66. The summed E-state index contributed by atoms with van der Waals surface area (Å²) in [5.41, 5.74) is 1.97. The van der Waals surface area contributed by atoms with Gasteiger partial charge in [0, 0.05) is 5.56 Å². The van der Waals surface area contributed by atoms with E-state index in [9.17, 15) is 0 Å². The Morgan fingerprint density at radius 1 is 1.54 bits per heavy atom. The fourth-order valence-electron chi connectivity index (χ4n) is 1.23. The first-order chi connectivity index (χ1) is 6.22. The molecular weight excluding hydrogens is 166 g/mol. The summed E-state index contributed by atoms with van der Waals surface area (Å²) in [6.45, 7) is 1.71. The first-order valence-corrected chi connectivity index (χ1v) is 3.91. The van der Waals surface area contributed by atoms with Gasteiger partial charge in [-0.3, -0.25) is 0 Å². The molecule has 0 radical (unpaired) electrons. The fourth-order valence-corrected chi connectivity index (χ4v) is 1.23. The Morgan fingerprint density at radius 3 is 2.69 bits per heavy atom. The molecule has 68 valence electrons. The zero-order valence-corrected chi connectivity index (χ0v) is 7.66. The average molecular weight is 177 g/mol. The Hall–Kier alpha value is -1.53. The Balaban J connectivity index is 3.36. The first kappa shape index (κ1) is 9.56. The van der Waals surface area contributed by atoms with Crippen LogP contribution in [0, 0.1) is 18.3 Å². The van der Waals surface area contributed by atoms with Crippen LogP contribution in [0.4, 0.5) is 0 Å². The van der Waals surface area contributed by atoms with Crippen molar-refractivity contribution >= 4 is 0 Å². The number of aliphatic hydroxyl groups is 1. The fraction of sp³-hybridized carbons (Fsp3) is 0.300. The predicted molar refractivity (Wildman–Crippen MR) is 48.4 cm³/mol. The van der Waals surface area contributed by atoms with Gasteiger partial charge in [-0.2, -0.15) is 5.26 Å². The van der Waals surface area contributed by atoms with E-state index in [0.717, 1.165) is 5.56 Å². The molecule has 0 unspecified atom stereocenters. The largest absolute Gasteiger partial charge is 0.496 e. The van der Waals surface area contributed by atoms with Crippen molar-refractivity contribution in [3.8, 4) is 11.8 Å². The summed E-state index contributed by atoms with van der Waals surface area (Å²) in [4.78, 5) is 0. The minimum absolute atomic E-state index is 0.174. The highest BCUT2D eigenvalue weighted by molar-refractivity contribution is 5.48. The van der Waals surface area contributed by atoms with Crippen LogP contribution in [-0.4, -0.2) is 12.2 Å². The molecule has 13 heavy (non-hydrogen) atoms. The number of benzene rings is 1. The molecule has 0 fully saturated rings. The SMILES string of the molecule is COc1cc(C)cc(C#N)c1CO. The second kappa shape index (κ2) is 3.92. The maximum Gasteiger partial charge on any atom is 0.125 e. The maximum absolute atomic E-state index is 9.02. The van der Waals surface area contributed by atoms with E-state index in [1.807, 2.05) is 13.0 Å². The highest BCUT2D eigenvalue weighted by Gasteiger charge is 2.08. The molecule has 0 saturated heterocycles. The summed E-state index contributed by atoms with van der Waals surface area (Å²) >= 11 is 0. The number of nitrogens with zero attached hydrogens (tertiary/aromatic N) is 1. The highest BCUT2D eigenvalue weighted by atomic mass is 16.5. The highest BCUT2D eigenvalue weighted by Crippen LogP contribution is 2.23. The number of ether oxygens (including phenoxy) is 1. The van der Waals surface area contributed by atoms with Crippen LogP contribution in [0.3, 0.4) is 0 Å². The van der Waals surface area contributed by atoms with E-state index in [1.54, 1.807) is 12.1 Å². The van der Waals surface area contributed by atoms with Gasteiger partial charge in [0.2, 0.25) is 0 Å². The number of aliphatic hydroxyl groups excluding tert-OH is 1. The van der Waals surface area contributed by atoms with Gasteiger partial charge in [0.05, 0.1) is 25.3 Å². The van der Waals surface area contributed by atoms with E-state index in [1.165, 1.54) is 7.11 Å². The van der Waals surface area contributed by atoms with Gasteiger partial charge >= 0.3 is 0 Å². The molecule has 0 heterocycles. The molecular formula is C10H11NO2. The Kier molecular flexibility index (Phi) is 2.88. The van der Waals surface area contributed by atoms with E-state index in [-0.39, 0.29) is 6.61 Å². The lowest BCUT2D eigenvalue weighted by Gasteiger charge is -2.08. The molecule has 1 N–H and O–H groups in total. The summed E-state index contributed by atoms with van der Waals surface area (Å²) < 4.78 is 5.05. The van der Waals surface area contributed by atoms with Crippen molar-refractivity contribution in [1.82, 2.24) is 0 Å². The summed E-state index contributed by atoms with van der Waals surface area (Å²) in [5, 5.41) is 17.8. The summed E-state index contributed by atoms with van der Waals surface area (Å²) in [6, 6.07) is 5.55. The molecule has 1 aromatic rings. The smallest absolute Gasteiger partial charge is 0.125 e. The molecule has 0 amide bonds. The molecule has 1 aromatic carbocycles. The van der Waals surface area contributed by atoms with Crippen molar-refractivity contribution in [2.24, 2.45) is 0 Å². The minimum Gasteiger partial charge on any atom is -0.496 e. The van der Waals surface area contributed by atoms with Gasteiger partial charge in [0.25, 0.3) is 0 Å². The minimum atomic E-state index is -0.174. The average Bonchev–Trinajstić information content (AvgIpc) is 2.16. The van der Waals surface area contributed by atoms with Crippen molar-refractivity contribution in [3.63, 3.8) is 0 Å². The molecule has 3 nitrogen and oxygen atoms in total. The van der Waals surface area contributed by atoms with E-state index in [2.05, 4.69) is 0 Å². The van der Waals surface area contributed by atoms with E-state index < -0.39 is 0 Å². The van der Waals surface area contributed by atoms with Gasteiger partial charge in [-0.05, 0) is 24.6 Å². The standard InChI is InChI=1S/C10H11NO2/c1-7-3-8(5-11)9(6-12)10(4-7)13-2/h3-4,12H,6H2,1-2H3. The topological polar surface area (TPSA) is 53.2 Å². The number of hydrogen-bond acceptors (Lipinski definition) is 3. The van der Waals surface area contributed by atoms with Gasteiger partial charge < -0.3 is 9.84 Å². The van der Waals surface area contributed by atoms with Gasteiger partial charge in [-0.25, -0.2) is 0 Å². The van der Waals surface area contributed by atoms with Crippen LogP contribution in [-0.2, 0) is 6.61 Å². The lowest BCUT2D eigenvalue weighted by atomic mass is 10.0. The van der Waals surface area contributed by atoms with Crippen LogP contribution >= 0.6 is 0 Å². The number of aryl methyl sites for hydroxylation is 1. The second-order valence-corrected chi connectivity index (χ2v) is 2.76. The van der Waals surface area contributed by atoms with E-state index in [0.29, 0.717) is 16.9 Å². The van der Waals surface area contributed by atoms with Crippen LogP contribution in [0.2, 0.25) is 0 Å². The van der Waals surface area contributed by atoms with Crippen LogP contribution in [0.1, 0.15) is 16.7 Å². The van der Waals surface area contributed by atoms with Crippen molar-refractivity contribution < 1.29 is 9.84 Å². The normalized spacial score (nSPS) is 9.38. The molecule has 0 aliphatic heterocycles. The monoisotopic (exact) mass is 177 g/mol. The number of nitriles is 1. The molecule has 0 bridgehead atoms. The van der Waals surface area contributed by atoms with Gasteiger partial charge in [0.1, 0.15) is 5.75 Å². The lowest BCUT2D eigenvalue weighted by Crippen LogP contribution is -1.96. The molecule has 0 aliphatic rings. The second-order valence-electron chi connectivity index (χ2n) is 2.76. The van der Waals surface area contributed by atoms with Crippen molar-refractivity contribution in [3.05, 3.63) is 28.8 Å². The van der Waals surface area contributed by atoms with Crippen molar-refractivity contribution in [1.29, 1.82) is 5.26 Å². The molecule has 0 aliphatic carbocycles. The van der Waals surface area contributed by atoms with Crippen molar-refractivity contribution in [2.45, 2.75) is 13.5 Å². The van der Waals surface area contributed by atoms with Gasteiger partial charge in [0.15, 0.2) is 0 Å². The lowest BCUT2D eigenvalue weighted by molar-refractivity contribution is 0.273. The molecule has 0 spiro atoms. The Labute approximate surface area is 77.2 Å². The van der Waals surface area contributed by atoms with E-state index >= 15 is 0 Å². The van der Waals surface area contributed by atoms with Crippen molar-refractivity contribution in [2.75, 3.05) is 7.11 Å². The molecule has 0 atom stereocenters.